The Balaban J connectivity index is 1.77. The van der Waals surface area contributed by atoms with E-state index >= 15 is 0 Å². The van der Waals surface area contributed by atoms with Gasteiger partial charge in [-0.1, -0.05) is 4.68 Å². The summed E-state index contributed by atoms with van der Waals surface area (Å²) in [7, 11) is 1.66. The normalized spacial score (nSPS) is 15.1. The average molecular weight is 421 g/mol. The first-order valence-corrected chi connectivity index (χ1v) is 10.2. The van der Waals surface area contributed by atoms with Crippen molar-refractivity contribution in [3.63, 3.8) is 0 Å². The molecule has 0 bridgehead atoms. The topological polar surface area (TPSA) is 108 Å². The highest BCUT2D eigenvalue weighted by Gasteiger charge is 2.37. The molecular formula is C21H26N9O+. The molecule has 0 spiro atoms. The molecule has 10 nitrogen and oxygen atoms in total. The van der Waals surface area contributed by atoms with E-state index in [0.29, 0.717) is 23.1 Å². The molecule has 3 aromatic rings. The molecule has 1 atom stereocenters. The van der Waals surface area contributed by atoms with Gasteiger partial charge in [-0.25, -0.2) is 9.98 Å². The Bertz CT molecular complexity index is 1130. The van der Waals surface area contributed by atoms with Gasteiger partial charge in [-0.2, -0.15) is 0 Å². The van der Waals surface area contributed by atoms with Gasteiger partial charge in [0, 0.05) is 31.2 Å². The average Bonchev–Trinajstić information content (AvgIpc) is 3.35. The highest BCUT2D eigenvalue weighted by molar-refractivity contribution is 6.49. The van der Waals surface area contributed by atoms with E-state index in [4.69, 9.17) is 4.99 Å². The fourth-order valence-corrected chi connectivity index (χ4v) is 3.46. The molecule has 0 radical (unpaired) electrons. The van der Waals surface area contributed by atoms with Crippen LogP contribution in [0.1, 0.15) is 25.2 Å². The number of aryl methyl sites for hydroxylation is 1. The maximum atomic E-state index is 10.4. The number of hydrogen-bond donors (Lipinski definition) is 2. The molecule has 3 heterocycles. The Labute approximate surface area is 180 Å². The molecule has 0 saturated carbocycles. The molecule has 0 aliphatic carbocycles. The van der Waals surface area contributed by atoms with Gasteiger partial charge in [-0.3, -0.25) is 10.3 Å². The molecule has 1 aliphatic heterocycles. The summed E-state index contributed by atoms with van der Waals surface area (Å²) < 4.78 is 3.17. The van der Waals surface area contributed by atoms with Crippen molar-refractivity contribution in [2.45, 2.75) is 27.0 Å². The van der Waals surface area contributed by atoms with Crippen LogP contribution in [0.15, 0.2) is 53.2 Å². The Kier molecular flexibility index (Phi) is 5.83. The quantitative estimate of drug-likeness (QED) is 0.436. The summed E-state index contributed by atoms with van der Waals surface area (Å²) in [6.07, 6.45) is 5.52. The predicted octanol–water partition coefficient (Wildman–Crippen LogP) is 0.981. The minimum absolute atomic E-state index is 0.406. The molecule has 1 aliphatic rings. The lowest BCUT2D eigenvalue weighted by molar-refractivity contribution is -0.677. The summed E-state index contributed by atoms with van der Waals surface area (Å²) in [5, 5.41) is 22.3. The number of aromatic nitrogens is 5. The maximum Gasteiger partial charge on any atom is 0.353 e. The first kappa shape index (κ1) is 20.8. The van der Waals surface area contributed by atoms with Crippen LogP contribution in [-0.2, 0) is 0 Å². The molecule has 10 heteroatoms. The first-order valence-electron chi connectivity index (χ1n) is 10.2. The van der Waals surface area contributed by atoms with Crippen molar-refractivity contribution in [1.82, 2.24) is 25.1 Å². The number of benzene rings is 1. The SMILES string of the molecule is CCN(CC)c1ccc(N=C2C(C(O)NC)=N[n+]3cn(-c4cnccn4)nc32)c(C)c1. The monoisotopic (exact) mass is 420 g/mol. The second-order valence-corrected chi connectivity index (χ2v) is 7.07. The number of hydrogen-bond acceptors (Lipinski definition) is 8. The second kappa shape index (κ2) is 8.70. The molecule has 0 fully saturated rings. The largest absolute Gasteiger partial charge is 0.372 e. The second-order valence-electron chi connectivity index (χ2n) is 7.07. The first-order chi connectivity index (χ1) is 15.0. The van der Waals surface area contributed by atoms with E-state index in [-0.39, 0.29) is 0 Å². The summed E-state index contributed by atoms with van der Waals surface area (Å²) in [5.74, 6) is 1.08. The van der Waals surface area contributed by atoms with Crippen LogP contribution in [0.5, 0.6) is 0 Å². The number of aliphatic hydroxyl groups excluding tert-OH is 1. The lowest BCUT2D eigenvalue weighted by Crippen LogP contribution is -2.37. The number of anilines is 1. The fraction of sp³-hybridized carbons (Fsp3) is 0.333. The van der Waals surface area contributed by atoms with Gasteiger partial charge in [-0.05, 0) is 51.6 Å². The molecule has 4 rings (SSSR count). The number of nitrogens with zero attached hydrogens (tertiary/aromatic N) is 8. The Morgan fingerprint density at radius 1 is 1.26 bits per heavy atom. The number of aliphatic imine (C=N–C) groups is 1. The van der Waals surface area contributed by atoms with Gasteiger partial charge in [-0.15, -0.1) is 9.78 Å². The maximum absolute atomic E-state index is 10.4. The van der Waals surface area contributed by atoms with Crippen LogP contribution >= 0.6 is 0 Å². The highest BCUT2D eigenvalue weighted by Crippen LogP contribution is 2.26. The number of nitrogens with one attached hydrogen (secondary N) is 1. The van der Waals surface area contributed by atoms with Crippen LogP contribution in [0.4, 0.5) is 11.4 Å². The van der Waals surface area contributed by atoms with Gasteiger partial charge in [0.2, 0.25) is 5.82 Å². The zero-order valence-corrected chi connectivity index (χ0v) is 18.1. The van der Waals surface area contributed by atoms with Crippen LogP contribution in [0, 0.1) is 6.92 Å². The lowest BCUT2D eigenvalue weighted by atomic mass is 10.1. The number of fused-ring (bicyclic) bond motifs is 1. The van der Waals surface area contributed by atoms with Gasteiger partial charge < -0.3 is 10.0 Å². The number of aliphatic hydroxyl groups is 1. The lowest BCUT2D eigenvalue weighted by Gasteiger charge is -2.21. The standard InChI is InChI=1S/C21H26N9O/c1-5-28(6-2)15-7-8-16(14(3)11-15)25-18-19(21(31)22-4)26-30-13-29(27-20(18)30)17-12-23-9-10-24-17/h7-13,21-22,31H,5-6H2,1-4H3/q+1. The summed E-state index contributed by atoms with van der Waals surface area (Å²) >= 11 is 0. The minimum atomic E-state index is -0.972. The minimum Gasteiger partial charge on any atom is -0.372 e. The third-order valence-electron chi connectivity index (χ3n) is 5.17. The van der Waals surface area contributed by atoms with E-state index in [1.807, 2.05) is 13.0 Å². The van der Waals surface area contributed by atoms with Crippen LogP contribution < -0.4 is 14.9 Å². The third kappa shape index (κ3) is 3.94. The van der Waals surface area contributed by atoms with Gasteiger partial charge in [0.05, 0.1) is 17.0 Å². The van der Waals surface area contributed by atoms with Crippen LogP contribution in [-0.4, -0.2) is 62.6 Å². The fourth-order valence-electron chi connectivity index (χ4n) is 3.46. The Morgan fingerprint density at radius 2 is 2.06 bits per heavy atom. The molecule has 160 valence electrons. The molecule has 1 aromatic carbocycles. The van der Waals surface area contributed by atoms with Crippen molar-refractivity contribution in [1.29, 1.82) is 0 Å². The van der Waals surface area contributed by atoms with Gasteiger partial charge in [0.1, 0.15) is 0 Å². The summed E-state index contributed by atoms with van der Waals surface area (Å²) in [4.78, 5) is 15.5. The summed E-state index contributed by atoms with van der Waals surface area (Å²) in [5.41, 5.74) is 3.89. The Hall–Kier alpha value is -3.50. The zero-order chi connectivity index (χ0) is 22.0. The molecule has 0 saturated heterocycles. The van der Waals surface area contributed by atoms with Crippen molar-refractivity contribution < 1.29 is 9.78 Å². The van der Waals surface area contributed by atoms with E-state index < -0.39 is 6.23 Å². The van der Waals surface area contributed by atoms with Crippen LogP contribution in [0.25, 0.3) is 5.82 Å². The molecule has 31 heavy (non-hydrogen) atoms. The van der Waals surface area contributed by atoms with E-state index in [1.165, 1.54) is 0 Å². The van der Waals surface area contributed by atoms with Crippen molar-refractivity contribution >= 4 is 22.8 Å². The van der Waals surface area contributed by atoms with Crippen molar-refractivity contribution in [3.8, 4) is 5.82 Å². The molecule has 1 unspecified atom stereocenters. The van der Waals surface area contributed by atoms with E-state index in [1.54, 1.807) is 41.3 Å². The Morgan fingerprint density at radius 3 is 2.71 bits per heavy atom. The third-order valence-corrected chi connectivity index (χ3v) is 5.17. The van der Waals surface area contributed by atoms with E-state index in [0.717, 1.165) is 30.0 Å². The van der Waals surface area contributed by atoms with Crippen LogP contribution in [0.3, 0.4) is 0 Å². The summed E-state index contributed by atoms with van der Waals surface area (Å²) in [6.45, 7) is 8.18. The molecular weight excluding hydrogens is 394 g/mol. The molecule has 2 N–H and O–H groups in total. The van der Waals surface area contributed by atoms with E-state index in [2.05, 4.69) is 56.4 Å². The van der Waals surface area contributed by atoms with Gasteiger partial charge in [0.25, 0.3) is 6.33 Å². The van der Waals surface area contributed by atoms with Crippen molar-refractivity contribution in [2.24, 2.45) is 10.1 Å². The molecule has 0 amide bonds. The highest BCUT2D eigenvalue weighted by atomic mass is 16.3. The van der Waals surface area contributed by atoms with E-state index in [9.17, 15) is 5.11 Å². The smallest absolute Gasteiger partial charge is 0.353 e. The van der Waals surface area contributed by atoms with Gasteiger partial charge >= 0.3 is 5.82 Å². The van der Waals surface area contributed by atoms with Crippen LogP contribution in [0.2, 0.25) is 0 Å². The summed E-state index contributed by atoms with van der Waals surface area (Å²) in [6, 6.07) is 6.17. The van der Waals surface area contributed by atoms with Crippen molar-refractivity contribution in [3.05, 3.63) is 54.5 Å². The van der Waals surface area contributed by atoms with Gasteiger partial charge in [0.15, 0.2) is 17.7 Å². The predicted molar refractivity (Wildman–Crippen MR) is 118 cm³/mol. The van der Waals surface area contributed by atoms with Crippen molar-refractivity contribution in [2.75, 3.05) is 25.0 Å². The zero-order valence-electron chi connectivity index (χ0n) is 18.1. The molecule has 2 aromatic heterocycles. The number of rotatable bonds is 7.